The minimum Gasteiger partial charge on any atom is -0.313 e. The van der Waals surface area contributed by atoms with E-state index in [-0.39, 0.29) is 0 Å². The normalized spacial score (nSPS) is 13.9. The van der Waals surface area contributed by atoms with Gasteiger partial charge in [-0.05, 0) is 20.8 Å². The summed E-state index contributed by atoms with van der Waals surface area (Å²) in [6.07, 6.45) is 0. The first kappa shape index (κ1) is 9.11. The molecule has 0 aromatic heterocycles. The largest absolute Gasteiger partial charge is 0.400 e. The highest BCUT2D eigenvalue weighted by atomic mass is 31.2. The Kier molecular flexibility index (Phi) is 2.41. The molecule has 0 aliphatic heterocycles. The lowest BCUT2D eigenvalue weighted by molar-refractivity contribution is 0.332. The van der Waals surface area contributed by atoms with E-state index in [0.29, 0.717) is 0 Å². The van der Waals surface area contributed by atoms with E-state index in [1.807, 2.05) is 0 Å². The molecule has 0 aromatic rings. The van der Waals surface area contributed by atoms with Crippen molar-refractivity contribution >= 4 is 7.75 Å². The molecule has 0 amide bonds. The molecule has 0 aromatic carbocycles. The van der Waals surface area contributed by atoms with Crippen LogP contribution >= 0.6 is 7.75 Å². The van der Waals surface area contributed by atoms with Crippen molar-refractivity contribution in [1.29, 1.82) is 0 Å². The topological polar surface area (TPSA) is 69.6 Å². The molecule has 0 atom stereocenters. The van der Waals surface area contributed by atoms with Crippen LogP contribution in [-0.4, -0.2) is 15.3 Å². The molecule has 0 radical (unpaired) electrons. The lowest BCUT2D eigenvalue weighted by Crippen LogP contribution is -2.32. The fraction of sp³-hybridized carbons (Fsp3) is 1.00. The van der Waals surface area contributed by atoms with Crippen molar-refractivity contribution in [2.45, 2.75) is 26.3 Å². The van der Waals surface area contributed by atoms with Gasteiger partial charge < -0.3 is 9.79 Å². The summed E-state index contributed by atoms with van der Waals surface area (Å²) >= 11 is 0. The van der Waals surface area contributed by atoms with Crippen molar-refractivity contribution in [3.63, 3.8) is 0 Å². The highest BCUT2D eigenvalue weighted by Crippen LogP contribution is 2.31. The molecule has 0 saturated carbocycles. The molecule has 3 N–H and O–H groups in total. The minimum absolute atomic E-state index is 0.529. The Morgan fingerprint density at radius 2 is 1.67 bits per heavy atom. The molecule has 4 nitrogen and oxygen atoms in total. The quantitative estimate of drug-likeness (QED) is 0.479. The smallest absolute Gasteiger partial charge is 0.313 e. The molecule has 0 fully saturated rings. The van der Waals surface area contributed by atoms with Crippen LogP contribution in [0.2, 0.25) is 0 Å². The first-order valence-electron chi connectivity index (χ1n) is 2.56. The fourth-order valence-corrected chi connectivity index (χ4v) is 1.31. The molecule has 0 unspecified atom stereocenters. The van der Waals surface area contributed by atoms with Gasteiger partial charge in [0, 0.05) is 5.54 Å². The standard InChI is InChI=1S/C4H12NO3P/c1-4(2,3)5-9(6,7)8/h1-3H3,(H3,5,6,7,8). The van der Waals surface area contributed by atoms with Gasteiger partial charge in [-0.1, -0.05) is 0 Å². The third-order valence-corrected chi connectivity index (χ3v) is 1.44. The molecular formula is C4H12NO3P. The van der Waals surface area contributed by atoms with E-state index in [9.17, 15) is 4.57 Å². The third kappa shape index (κ3) is 8.11. The summed E-state index contributed by atoms with van der Waals surface area (Å²) in [4.78, 5) is 16.7. The van der Waals surface area contributed by atoms with Gasteiger partial charge in [0.25, 0.3) is 0 Å². The van der Waals surface area contributed by atoms with Crippen LogP contribution in [0.15, 0.2) is 0 Å². The first-order chi connectivity index (χ1) is 3.71. The van der Waals surface area contributed by atoms with E-state index in [4.69, 9.17) is 9.79 Å². The second-order valence-corrected chi connectivity index (χ2v) is 4.22. The number of hydrogen-bond acceptors (Lipinski definition) is 1. The molecule has 0 bridgehead atoms. The van der Waals surface area contributed by atoms with Crippen molar-refractivity contribution in [1.82, 2.24) is 5.09 Å². The first-order valence-corrected chi connectivity index (χ1v) is 4.17. The molecule has 56 valence electrons. The van der Waals surface area contributed by atoms with Gasteiger partial charge in [0.1, 0.15) is 0 Å². The van der Waals surface area contributed by atoms with Gasteiger partial charge in [0.2, 0.25) is 0 Å². The third-order valence-electron chi connectivity index (χ3n) is 0.481. The molecular weight excluding hydrogens is 141 g/mol. The lowest BCUT2D eigenvalue weighted by atomic mass is 10.1. The van der Waals surface area contributed by atoms with Crippen molar-refractivity contribution in [2.75, 3.05) is 0 Å². The summed E-state index contributed by atoms with van der Waals surface area (Å²) < 4.78 is 10.2. The number of hydrogen-bond donors (Lipinski definition) is 3. The van der Waals surface area contributed by atoms with Gasteiger partial charge in [-0.3, -0.25) is 0 Å². The van der Waals surface area contributed by atoms with Gasteiger partial charge in [-0.25, -0.2) is 9.65 Å². The predicted octanol–water partition coefficient (Wildman–Crippen LogP) is 0.467. The van der Waals surface area contributed by atoms with Crippen molar-refractivity contribution < 1.29 is 14.4 Å². The van der Waals surface area contributed by atoms with Gasteiger partial charge in [0.05, 0.1) is 0 Å². The maximum atomic E-state index is 10.2. The summed E-state index contributed by atoms with van der Waals surface area (Å²) in [5, 5.41) is 2.12. The van der Waals surface area contributed by atoms with Crippen LogP contribution in [0.3, 0.4) is 0 Å². The summed E-state index contributed by atoms with van der Waals surface area (Å²) in [5.41, 5.74) is -0.529. The molecule has 0 saturated heterocycles. The van der Waals surface area contributed by atoms with Crippen LogP contribution in [0.25, 0.3) is 0 Å². The van der Waals surface area contributed by atoms with E-state index in [0.717, 1.165) is 0 Å². The highest BCUT2D eigenvalue weighted by molar-refractivity contribution is 7.49. The van der Waals surface area contributed by atoms with Gasteiger partial charge in [-0.2, -0.15) is 0 Å². The van der Waals surface area contributed by atoms with Crippen LogP contribution < -0.4 is 5.09 Å². The zero-order valence-corrected chi connectivity index (χ0v) is 6.64. The highest BCUT2D eigenvalue weighted by Gasteiger charge is 2.21. The Morgan fingerprint density at radius 1 is 1.33 bits per heavy atom. The van der Waals surface area contributed by atoms with Crippen LogP contribution in [-0.2, 0) is 4.57 Å². The molecule has 0 rings (SSSR count). The maximum Gasteiger partial charge on any atom is 0.400 e. The monoisotopic (exact) mass is 153 g/mol. The van der Waals surface area contributed by atoms with Crippen molar-refractivity contribution in [2.24, 2.45) is 0 Å². The zero-order valence-electron chi connectivity index (χ0n) is 5.75. The Labute approximate surface area is 54.5 Å². The van der Waals surface area contributed by atoms with Gasteiger partial charge in [0.15, 0.2) is 0 Å². The fourth-order valence-electron chi connectivity index (χ4n) is 0.437. The van der Waals surface area contributed by atoms with E-state index >= 15 is 0 Å². The Morgan fingerprint density at radius 3 is 1.67 bits per heavy atom. The van der Waals surface area contributed by atoms with Gasteiger partial charge >= 0.3 is 7.75 Å². The van der Waals surface area contributed by atoms with Crippen molar-refractivity contribution in [3.05, 3.63) is 0 Å². The van der Waals surface area contributed by atoms with Crippen LogP contribution in [0.5, 0.6) is 0 Å². The Bertz CT molecular complexity index is 133. The van der Waals surface area contributed by atoms with Crippen molar-refractivity contribution in [3.8, 4) is 0 Å². The van der Waals surface area contributed by atoms with Gasteiger partial charge in [-0.15, -0.1) is 0 Å². The lowest BCUT2D eigenvalue weighted by Gasteiger charge is -2.20. The zero-order chi connectivity index (χ0) is 7.71. The average Bonchev–Trinajstić information content (AvgIpc) is 1.14. The summed E-state index contributed by atoms with van der Waals surface area (Å²) in [5.74, 6) is 0. The van der Waals surface area contributed by atoms with E-state index in [2.05, 4.69) is 5.09 Å². The van der Waals surface area contributed by atoms with E-state index in [1.54, 1.807) is 20.8 Å². The Balaban J connectivity index is 3.90. The molecule has 0 heterocycles. The van der Waals surface area contributed by atoms with Crippen LogP contribution in [0, 0.1) is 0 Å². The maximum absolute atomic E-state index is 10.2. The molecule has 0 aliphatic carbocycles. The SMILES string of the molecule is CC(C)(C)NP(=O)(O)O. The number of rotatable bonds is 1. The van der Waals surface area contributed by atoms with Crippen LogP contribution in [0.1, 0.15) is 20.8 Å². The average molecular weight is 153 g/mol. The second kappa shape index (κ2) is 2.39. The minimum atomic E-state index is -4.04. The Hall–Kier alpha value is 0.110. The molecule has 0 spiro atoms. The molecule has 9 heavy (non-hydrogen) atoms. The molecule has 5 heteroatoms. The summed E-state index contributed by atoms with van der Waals surface area (Å²) in [6, 6.07) is 0. The predicted molar refractivity (Wildman–Crippen MR) is 34.9 cm³/mol. The summed E-state index contributed by atoms with van der Waals surface area (Å²) in [6.45, 7) is 5.06. The molecule has 0 aliphatic rings. The summed E-state index contributed by atoms with van der Waals surface area (Å²) in [7, 11) is -4.04. The van der Waals surface area contributed by atoms with E-state index < -0.39 is 13.3 Å². The number of nitrogens with one attached hydrogen (secondary N) is 1. The van der Waals surface area contributed by atoms with Crippen LogP contribution in [0.4, 0.5) is 0 Å². The van der Waals surface area contributed by atoms with E-state index in [1.165, 1.54) is 0 Å². The second-order valence-electron chi connectivity index (χ2n) is 2.91.